The molecule has 0 bridgehead atoms. The van der Waals surface area contributed by atoms with Crippen molar-refractivity contribution in [3.8, 4) is 11.5 Å². The molecule has 0 radical (unpaired) electrons. The van der Waals surface area contributed by atoms with E-state index >= 15 is 0 Å². The van der Waals surface area contributed by atoms with E-state index in [1.54, 1.807) is 19.5 Å². The van der Waals surface area contributed by atoms with Crippen LogP contribution in [0.25, 0.3) is 11.6 Å². The summed E-state index contributed by atoms with van der Waals surface area (Å²) in [4.78, 5) is 8.75. The molecule has 1 aliphatic heterocycles. The number of anilines is 2. The number of benzene rings is 1. The Bertz CT molecular complexity index is 984. The number of aromatic nitrogens is 2. The zero-order valence-electron chi connectivity index (χ0n) is 14.3. The molecule has 3 heterocycles. The lowest BCUT2D eigenvalue weighted by molar-refractivity contribution is 0.0311. The third-order valence-electron chi connectivity index (χ3n) is 4.06. The minimum atomic E-state index is -1.06. The maximum Gasteiger partial charge on any atom is 0.226 e. The molecular formula is C19H17N3O3S. The first kappa shape index (κ1) is 16.6. The van der Waals surface area contributed by atoms with Crippen LogP contribution in [-0.4, -0.2) is 28.5 Å². The van der Waals surface area contributed by atoms with Crippen molar-refractivity contribution >= 4 is 33.8 Å². The lowest BCUT2D eigenvalue weighted by Gasteiger charge is -2.23. The lowest BCUT2D eigenvalue weighted by Crippen LogP contribution is -2.22. The van der Waals surface area contributed by atoms with Crippen molar-refractivity contribution in [2.75, 3.05) is 12.4 Å². The molecule has 0 amide bonds. The average Bonchev–Trinajstić information content (AvgIpc) is 3.11. The van der Waals surface area contributed by atoms with Gasteiger partial charge in [0.05, 0.1) is 18.5 Å². The number of aryl methyl sites for hydroxylation is 1. The molecule has 132 valence electrons. The molecule has 7 heteroatoms. The van der Waals surface area contributed by atoms with Gasteiger partial charge in [0.25, 0.3) is 0 Å². The topological polar surface area (TPSA) is 76.5 Å². The number of nitrogens with one attached hydrogen (secondary N) is 1. The molecule has 0 saturated carbocycles. The Morgan fingerprint density at radius 3 is 2.96 bits per heavy atom. The molecule has 0 spiro atoms. The van der Waals surface area contributed by atoms with Gasteiger partial charge in [-0.05, 0) is 25.1 Å². The normalized spacial score (nSPS) is 15.7. The molecule has 0 saturated heterocycles. The Morgan fingerprint density at radius 1 is 1.27 bits per heavy atom. The number of para-hydroxylation sites is 2. The molecule has 2 N–H and O–H groups in total. The van der Waals surface area contributed by atoms with Gasteiger partial charge >= 0.3 is 0 Å². The second-order valence-corrected chi connectivity index (χ2v) is 6.67. The number of rotatable bonds is 4. The first-order valence-electron chi connectivity index (χ1n) is 8.02. The molecule has 0 aliphatic carbocycles. The summed E-state index contributed by atoms with van der Waals surface area (Å²) in [6.07, 6.45) is 4.23. The van der Waals surface area contributed by atoms with E-state index in [1.165, 1.54) is 11.3 Å². The highest BCUT2D eigenvalue weighted by molar-refractivity contribution is 7.13. The van der Waals surface area contributed by atoms with Crippen LogP contribution in [0.15, 0.2) is 42.0 Å². The number of methoxy groups -OCH3 is 1. The van der Waals surface area contributed by atoms with Crippen molar-refractivity contribution in [1.82, 2.24) is 9.97 Å². The van der Waals surface area contributed by atoms with Gasteiger partial charge in [-0.2, -0.15) is 0 Å². The van der Waals surface area contributed by atoms with E-state index in [0.717, 1.165) is 22.6 Å². The fraction of sp³-hybridized carbons (Fsp3) is 0.158. The van der Waals surface area contributed by atoms with Crippen molar-refractivity contribution in [3.05, 3.63) is 58.9 Å². The minimum Gasteiger partial charge on any atom is -0.495 e. The number of aliphatic hydroxyl groups is 1. The fourth-order valence-corrected chi connectivity index (χ4v) is 3.51. The first-order chi connectivity index (χ1) is 12.7. The van der Waals surface area contributed by atoms with Gasteiger partial charge in [0.15, 0.2) is 5.13 Å². The highest BCUT2D eigenvalue weighted by Gasteiger charge is 2.25. The van der Waals surface area contributed by atoms with Crippen molar-refractivity contribution in [3.63, 3.8) is 0 Å². The van der Waals surface area contributed by atoms with Crippen LogP contribution in [-0.2, 0) is 0 Å². The quantitative estimate of drug-likeness (QED) is 0.729. The van der Waals surface area contributed by atoms with Gasteiger partial charge < -0.3 is 19.9 Å². The molecule has 6 nitrogen and oxygen atoms in total. The number of fused-ring (bicyclic) bond motifs is 1. The molecule has 3 aromatic rings. The van der Waals surface area contributed by atoms with Crippen LogP contribution < -0.4 is 14.8 Å². The number of thiazole rings is 1. The number of ether oxygens (including phenoxy) is 2. The van der Waals surface area contributed by atoms with Gasteiger partial charge in [0.2, 0.25) is 6.29 Å². The predicted octanol–water partition coefficient (Wildman–Crippen LogP) is 3.85. The summed E-state index contributed by atoms with van der Waals surface area (Å²) in [5.74, 6) is 1.39. The maximum atomic E-state index is 10.4. The molecule has 1 aromatic carbocycles. The molecule has 4 rings (SSSR count). The van der Waals surface area contributed by atoms with Crippen molar-refractivity contribution in [2.24, 2.45) is 0 Å². The largest absolute Gasteiger partial charge is 0.495 e. The monoisotopic (exact) mass is 367 g/mol. The summed E-state index contributed by atoms with van der Waals surface area (Å²) in [5.41, 5.74) is 3.81. The van der Waals surface area contributed by atoms with Crippen LogP contribution >= 0.6 is 11.3 Å². The van der Waals surface area contributed by atoms with Crippen LogP contribution in [0.5, 0.6) is 11.5 Å². The van der Waals surface area contributed by atoms with Gasteiger partial charge in [0, 0.05) is 34.5 Å². The van der Waals surface area contributed by atoms with Crippen molar-refractivity contribution in [1.29, 1.82) is 0 Å². The summed E-state index contributed by atoms with van der Waals surface area (Å²) in [7, 11) is 1.63. The minimum absolute atomic E-state index is 0.606. The van der Waals surface area contributed by atoms with Crippen molar-refractivity contribution in [2.45, 2.75) is 13.2 Å². The van der Waals surface area contributed by atoms with E-state index in [4.69, 9.17) is 9.47 Å². The molecule has 2 aromatic heterocycles. The number of aliphatic hydroxyl groups excluding tert-OH is 1. The van der Waals surface area contributed by atoms with E-state index < -0.39 is 6.29 Å². The molecule has 1 atom stereocenters. The second kappa shape index (κ2) is 6.78. The van der Waals surface area contributed by atoms with Crippen LogP contribution in [0.1, 0.15) is 16.8 Å². The average molecular weight is 367 g/mol. The highest BCUT2D eigenvalue weighted by atomic mass is 32.1. The van der Waals surface area contributed by atoms with E-state index in [2.05, 4.69) is 15.3 Å². The third-order valence-corrected chi connectivity index (χ3v) is 4.81. The lowest BCUT2D eigenvalue weighted by atomic mass is 10.0. The predicted molar refractivity (Wildman–Crippen MR) is 102 cm³/mol. The number of hydrogen-bond donors (Lipinski definition) is 2. The molecule has 1 unspecified atom stereocenters. The van der Waals surface area contributed by atoms with E-state index in [9.17, 15) is 5.11 Å². The zero-order valence-corrected chi connectivity index (χ0v) is 15.1. The third kappa shape index (κ3) is 3.02. The molecule has 0 fully saturated rings. The SMILES string of the molecule is COc1ccccc1Nc1nc(C2=Cc3cncc(C)c3OC2O)cs1. The Hall–Kier alpha value is -2.90. The van der Waals surface area contributed by atoms with Crippen LogP contribution in [0.2, 0.25) is 0 Å². The fourth-order valence-electron chi connectivity index (χ4n) is 2.78. The summed E-state index contributed by atoms with van der Waals surface area (Å²) >= 11 is 1.44. The first-order valence-corrected chi connectivity index (χ1v) is 8.90. The Kier molecular flexibility index (Phi) is 4.32. The van der Waals surface area contributed by atoms with Gasteiger partial charge in [-0.1, -0.05) is 12.1 Å². The Labute approximate surface area is 154 Å². The van der Waals surface area contributed by atoms with E-state index in [0.29, 0.717) is 22.1 Å². The summed E-state index contributed by atoms with van der Waals surface area (Å²) in [6.45, 7) is 1.90. The summed E-state index contributed by atoms with van der Waals surface area (Å²) < 4.78 is 11.0. The number of nitrogens with zero attached hydrogens (tertiary/aromatic N) is 2. The zero-order chi connectivity index (χ0) is 18.1. The van der Waals surface area contributed by atoms with Crippen LogP contribution in [0, 0.1) is 6.92 Å². The molecule has 1 aliphatic rings. The summed E-state index contributed by atoms with van der Waals surface area (Å²) in [5, 5.41) is 16.2. The highest BCUT2D eigenvalue weighted by Crippen LogP contribution is 2.36. The van der Waals surface area contributed by atoms with E-state index in [-0.39, 0.29) is 0 Å². The van der Waals surface area contributed by atoms with Crippen LogP contribution in [0.3, 0.4) is 0 Å². The smallest absolute Gasteiger partial charge is 0.226 e. The summed E-state index contributed by atoms with van der Waals surface area (Å²) in [6, 6.07) is 7.63. The molecular weight excluding hydrogens is 350 g/mol. The Balaban J connectivity index is 1.64. The van der Waals surface area contributed by atoms with Gasteiger partial charge in [-0.3, -0.25) is 4.98 Å². The standard InChI is InChI=1S/C19H17N3O3S/c1-11-8-20-9-12-7-13(18(23)25-17(11)12)15-10-26-19(22-15)21-14-5-3-4-6-16(14)24-2/h3-10,18,23H,1-2H3,(H,21,22). The number of pyridine rings is 1. The van der Waals surface area contributed by atoms with Gasteiger partial charge in [-0.15, -0.1) is 11.3 Å². The van der Waals surface area contributed by atoms with Gasteiger partial charge in [-0.25, -0.2) is 4.98 Å². The molecule has 26 heavy (non-hydrogen) atoms. The second-order valence-electron chi connectivity index (χ2n) is 5.81. The van der Waals surface area contributed by atoms with Crippen molar-refractivity contribution < 1.29 is 14.6 Å². The van der Waals surface area contributed by atoms with Gasteiger partial charge in [0.1, 0.15) is 11.5 Å². The Morgan fingerprint density at radius 2 is 2.12 bits per heavy atom. The maximum absolute atomic E-state index is 10.4. The number of hydrogen-bond acceptors (Lipinski definition) is 7. The van der Waals surface area contributed by atoms with E-state index in [1.807, 2.05) is 42.6 Å². The van der Waals surface area contributed by atoms with Crippen LogP contribution in [0.4, 0.5) is 10.8 Å².